The Morgan fingerprint density at radius 2 is 1.96 bits per heavy atom. The lowest BCUT2D eigenvalue weighted by molar-refractivity contribution is 0.0846. The minimum Gasteiger partial charge on any atom is -0.491 e. The van der Waals surface area contributed by atoms with Crippen LogP contribution >= 0.6 is 0 Å². The number of rotatable bonds is 7. The van der Waals surface area contributed by atoms with Gasteiger partial charge < -0.3 is 15.6 Å². The molecule has 0 aliphatic rings. The van der Waals surface area contributed by atoms with Gasteiger partial charge in [-0.05, 0) is 48.4 Å². The van der Waals surface area contributed by atoms with E-state index in [9.17, 15) is 9.90 Å². The molecule has 1 atom stereocenters. The highest BCUT2D eigenvalue weighted by Gasteiger charge is 2.12. The Kier molecular flexibility index (Phi) is 5.46. The van der Waals surface area contributed by atoms with Crippen LogP contribution in [0.25, 0.3) is 11.4 Å². The van der Waals surface area contributed by atoms with Crippen LogP contribution in [0.5, 0.6) is 5.75 Å². The molecular weight excluding hydrogens is 346 g/mol. The van der Waals surface area contributed by atoms with Crippen molar-refractivity contribution < 1.29 is 14.6 Å². The highest BCUT2D eigenvalue weighted by molar-refractivity contribution is 5.93. The average molecular weight is 367 g/mol. The molecule has 8 nitrogen and oxygen atoms in total. The van der Waals surface area contributed by atoms with Gasteiger partial charge in [0, 0.05) is 11.1 Å². The molecule has 1 aromatic heterocycles. The summed E-state index contributed by atoms with van der Waals surface area (Å²) in [4.78, 5) is 12.4. The normalized spacial score (nSPS) is 12.0. The molecule has 0 aliphatic carbocycles. The second-order valence-electron chi connectivity index (χ2n) is 6.34. The molecule has 2 aromatic carbocycles. The molecule has 0 fully saturated rings. The van der Waals surface area contributed by atoms with Crippen molar-refractivity contribution in [3.63, 3.8) is 0 Å². The minimum atomic E-state index is -0.788. The van der Waals surface area contributed by atoms with Gasteiger partial charge in [0.05, 0.1) is 6.54 Å². The fourth-order valence-corrected chi connectivity index (χ4v) is 2.51. The van der Waals surface area contributed by atoms with Crippen molar-refractivity contribution in [3.8, 4) is 17.1 Å². The first-order chi connectivity index (χ1) is 12.9. The first-order valence-corrected chi connectivity index (χ1v) is 8.48. The van der Waals surface area contributed by atoms with Crippen LogP contribution in [0.15, 0.2) is 42.5 Å². The maximum Gasteiger partial charge on any atom is 0.248 e. The van der Waals surface area contributed by atoms with Gasteiger partial charge in [0.1, 0.15) is 18.5 Å². The maximum absolute atomic E-state index is 11.1. The molecule has 0 spiro atoms. The number of hydrogen-bond donors (Lipinski definition) is 2. The van der Waals surface area contributed by atoms with Crippen LogP contribution in [0.4, 0.5) is 0 Å². The molecule has 0 aliphatic heterocycles. The molecule has 1 heterocycles. The van der Waals surface area contributed by atoms with Gasteiger partial charge in [-0.25, -0.2) is 0 Å². The predicted octanol–water partition coefficient (Wildman–Crippen LogP) is 1.50. The molecule has 140 valence electrons. The van der Waals surface area contributed by atoms with E-state index in [0.29, 0.717) is 17.0 Å². The quantitative estimate of drug-likeness (QED) is 0.654. The van der Waals surface area contributed by atoms with E-state index in [1.54, 1.807) is 24.3 Å². The highest BCUT2D eigenvalue weighted by atomic mass is 16.5. The average Bonchev–Trinajstić information content (AvgIpc) is 3.11. The summed E-state index contributed by atoms with van der Waals surface area (Å²) in [6, 6.07) is 12.5. The van der Waals surface area contributed by atoms with Crippen LogP contribution in [0.1, 0.15) is 21.5 Å². The van der Waals surface area contributed by atoms with E-state index < -0.39 is 12.0 Å². The minimum absolute atomic E-state index is 0.120. The summed E-state index contributed by atoms with van der Waals surface area (Å²) in [6.45, 7) is 4.21. The molecule has 8 heteroatoms. The molecule has 0 bridgehead atoms. The lowest BCUT2D eigenvalue weighted by atomic mass is 10.1. The molecular formula is C19H21N5O3. The van der Waals surface area contributed by atoms with E-state index in [1.165, 1.54) is 4.80 Å². The Bertz CT molecular complexity index is 937. The number of primary amides is 1. The second kappa shape index (κ2) is 7.96. The SMILES string of the molecule is Cc1ccc(C)c(OCC(O)Cn2nnc(-c3ccc(C(N)=O)cc3)n2)c1. The number of tetrazole rings is 1. The summed E-state index contributed by atoms with van der Waals surface area (Å²) >= 11 is 0. The van der Waals surface area contributed by atoms with E-state index in [0.717, 1.165) is 16.9 Å². The molecule has 0 radical (unpaired) electrons. The molecule has 27 heavy (non-hydrogen) atoms. The van der Waals surface area contributed by atoms with Crippen LogP contribution < -0.4 is 10.5 Å². The first kappa shape index (κ1) is 18.5. The number of hydrogen-bond acceptors (Lipinski definition) is 6. The number of carbonyl (C=O) groups is 1. The number of aromatic nitrogens is 4. The Balaban J connectivity index is 1.59. The largest absolute Gasteiger partial charge is 0.491 e. The highest BCUT2D eigenvalue weighted by Crippen LogP contribution is 2.19. The standard InChI is InChI=1S/C19H21N5O3/c1-12-3-4-13(2)17(9-12)27-11-16(25)10-24-22-19(21-23-24)15-7-5-14(6-8-15)18(20)26/h3-9,16,25H,10-11H2,1-2H3,(H2,20,26). The van der Waals surface area contributed by atoms with Crippen molar-refractivity contribution in [1.82, 2.24) is 20.2 Å². The predicted molar refractivity (Wildman–Crippen MR) is 99.2 cm³/mol. The van der Waals surface area contributed by atoms with Gasteiger partial charge in [0.2, 0.25) is 11.7 Å². The maximum atomic E-state index is 11.1. The molecule has 0 saturated heterocycles. The van der Waals surface area contributed by atoms with Gasteiger partial charge in [-0.15, -0.1) is 10.2 Å². The summed E-state index contributed by atoms with van der Waals surface area (Å²) in [5, 5.41) is 22.4. The van der Waals surface area contributed by atoms with E-state index in [1.807, 2.05) is 32.0 Å². The summed E-state index contributed by atoms with van der Waals surface area (Å²) in [7, 11) is 0. The Morgan fingerprint density at radius 3 is 2.67 bits per heavy atom. The number of benzene rings is 2. The zero-order valence-corrected chi connectivity index (χ0v) is 15.2. The van der Waals surface area contributed by atoms with Gasteiger partial charge >= 0.3 is 0 Å². The van der Waals surface area contributed by atoms with Crippen molar-refractivity contribution in [3.05, 3.63) is 59.2 Å². The fourth-order valence-electron chi connectivity index (χ4n) is 2.51. The van der Waals surface area contributed by atoms with Crippen LogP contribution in [0.3, 0.4) is 0 Å². The van der Waals surface area contributed by atoms with Crippen LogP contribution in [0, 0.1) is 13.8 Å². The van der Waals surface area contributed by atoms with Crippen molar-refractivity contribution >= 4 is 5.91 Å². The van der Waals surface area contributed by atoms with Crippen molar-refractivity contribution in [2.75, 3.05) is 6.61 Å². The Morgan fingerprint density at radius 1 is 1.22 bits per heavy atom. The zero-order valence-electron chi connectivity index (χ0n) is 15.2. The number of aliphatic hydroxyl groups excluding tert-OH is 1. The van der Waals surface area contributed by atoms with Gasteiger partial charge in [0.15, 0.2) is 0 Å². The van der Waals surface area contributed by atoms with Crippen LogP contribution in [0.2, 0.25) is 0 Å². The van der Waals surface area contributed by atoms with E-state index in [-0.39, 0.29) is 13.2 Å². The Labute approximate surface area is 156 Å². The van der Waals surface area contributed by atoms with Crippen LogP contribution in [-0.4, -0.2) is 43.9 Å². The van der Waals surface area contributed by atoms with Gasteiger partial charge in [-0.1, -0.05) is 24.3 Å². The summed E-state index contributed by atoms with van der Waals surface area (Å²) in [6.07, 6.45) is -0.788. The summed E-state index contributed by atoms with van der Waals surface area (Å²) in [5.41, 5.74) is 8.43. The third kappa shape index (κ3) is 4.68. The van der Waals surface area contributed by atoms with Crippen molar-refractivity contribution in [2.24, 2.45) is 5.73 Å². The van der Waals surface area contributed by atoms with Crippen molar-refractivity contribution in [1.29, 1.82) is 0 Å². The first-order valence-electron chi connectivity index (χ1n) is 8.48. The zero-order chi connectivity index (χ0) is 19.4. The number of amides is 1. The van der Waals surface area contributed by atoms with Crippen LogP contribution in [-0.2, 0) is 6.54 Å². The lowest BCUT2D eigenvalue weighted by Gasteiger charge is -2.13. The number of nitrogens with two attached hydrogens (primary N) is 1. The number of aliphatic hydroxyl groups is 1. The molecule has 3 aromatic rings. The third-order valence-electron chi connectivity index (χ3n) is 4.03. The molecule has 1 amide bonds. The molecule has 1 unspecified atom stereocenters. The fraction of sp³-hybridized carbons (Fsp3) is 0.263. The van der Waals surface area contributed by atoms with E-state index in [4.69, 9.17) is 10.5 Å². The number of aryl methyl sites for hydroxylation is 2. The monoisotopic (exact) mass is 367 g/mol. The van der Waals surface area contributed by atoms with Gasteiger partial charge in [-0.2, -0.15) is 4.80 Å². The number of nitrogens with zero attached hydrogens (tertiary/aromatic N) is 4. The molecule has 3 rings (SSSR count). The Hall–Kier alpha value is -3.26. The number of ether oxygens (including phenoxy) is 1. The summed E-state index contributed by atoms with van der Waals surface area (Å²) < 4.78 is 5.70. The van der Waals surface area contributed by atoms with E-state index in [2.05, 4.69) is 15.4 Å². The van der Waals surface area contributed by atoms with E-state index >= 15 is 0 Å². The second-order valence-corrected chi connectivity index (χ2v) is 6.34. The van der Waals surface area contributed by atoms with Gasteiger partial charge in [-0.3, -0.25) is 4.79 Å². The molecule has 3 N–H and O–H groups in total. The summed E-state index contributed by atoms with van der Waals surface area (Å²) in [5.74, 6) is 0.648. The number of carbonyl (C=O) groups excluding carboxylic acids is 1. The smallest absolute Gasteiger partial charge is 0.248 e. The van der Waals surface area contributed by atoms with Gasteiger partial charge in [0.25, 0.3) is 0 Å². The lowest BCUT2D eigenvalue weighted by Crippen LogP contribution is -2.25. The third-order valence-corrected chi connectivity index (χ3v) is 4.03. The molecule has 0 saturated carbocycles. The topological polar surface area (TPSA) is 116 Å². The van der Waals surface area contributed by atoms with Crippen molar-refractivity contribution in [2.45, 2.75) is 26.5 Å².